The van der Waals surface area contributed by atoms with Crippen LogP contribution in [0, 0.1) is 18.8 Å². The van der Waals surface area contributed by atoms with Crippen molar-refractivity contribution in [3.8, 4) is 5.69 Å². The number of piperidine rings is 1. The molecular weight excluding hydrogens is 336 g/mol. The third kappa shape index (κ3) is 4.83. The molecule has 3 rings (SSSR count). The van der Waals surface area contributed by atoms with Crippen molar-refractivity contribution in [3.63, 3.8) is 0 Å². The zero-order valence-electron chi connectivity index (χ0n) is 14.9. The number of rotatable bonds is 5. The van der Waals surface area contributed by atoms with Gasteiger partial charge in [-0.15, -0.1) is 12.4 Å². The molecule has 1 fully saturated rings. The smallest absolute Gasteiger partial charge is 0.225 e. The Morgan fingerprint density at radius 1 is 1.40 bits per heavy atom. The van der Waals surface area contributed by atoms with Crippen molar-refractivity contribution in [2.75, 3.05) is 18.4 Å². The molecule has 2 N–H and O–H groups in total. The summed E-state index contributed by atoms with van der Waals surface area (Å²) in [7, 11) is 0. The molecule has 1 saturated heterocycles. The number of benzene rings is 1. The Morgan fingerprint density at radius 3 is 2.92 bits per heavy atom. The van der Waals surface area contributed by atoms with Crippen LogP contribution in [0.4, 0.5) is 5.82 Å². The number of nitrogens with zero attached hydrogens (tertiary/aromatic N) is 2. The minimum absolute atomic E-state index is 0. The summed E-state index contributed by atoms with van der Waals surface area (Å²) < 4.78 is 1.79. The summed E-state index contributed by atoms with van der Waals surface area (Å²) >= 11 is 0. The van der Waals surface area contributed by atoms with E-state index < -0.39 is 0 Å². The summed E-state index contributed by atoms with van der Waals surface area (Å²) in [5.74, 6) is 1.75. The Labute approximate surface area is 155 Å². The fourth-order valence-corrected chi connectivity index (χ4v) is 3.41. The summed E-state index contributed by atoms with van der Waals surface area (Å²) in [5, 5.41) is 10.8. The molecule has 0 spiro atoms. The standard InChI is InChI=1S/C19H26N4O.ClH/c1-14-6-3-4-8-17(14)23-18(9-11-21-23)22-19(24)12-15(2)16-7-5-10-20-13-16;/h3-4,6,8-9,11,15-16,20H,5,7,10,12-13H2,1-2H3,(H,22,24);1H. The number of anilines is 1. The Kier molecular flexibility index (Phi) is 7.02. The van der Waals surface area contributed by atoms with Gasteiger partial charge in [0.15, 0.2) is 0 Å². The maximum atomic E-state index is 12.5. The van der Waals surface area contributed by atoms with Crippen LogP contribution in [0.15, 0.2) is 36.5 Å². The van der Waals surface area contributed by atoms with Gasteiger partial charge in [0.1, 0.15) is 5.82 Å². The number of aromatic nitrogens is 2. The lowest BCUT2D eigenvalue weighted by atomic mass is 9.85. The van der Waals surface area contributed by atoms with Crippen LogP contribution in [0.5, 0.6) is 0 Å². The van der Waals surface area contributed by atoms with E-state index >= 15 is 0 Å². The average molecular weight is 363 g/mol. The lowest BCUT2D eigenvalue weighted by molar-refractivity contribution is -0.117. The van der Waals surface area contributed by atoms with E-state index in [1.54, 1.807) is 10.9 Å². The van der Waals surface area contributed by atoms with Gasteiger partial charge in [-0.25, -0.2) is 4.68 Å². The van der Waals surface area contributed by atoms with Crippen molar-refractivity contribution in [3.05, 3.63) is 42.1 Å². The predicted molar refractivity (Wildman–Crippen MR) is 104 cm³/mol. The lowest BCUT2D eigenvalue weighted by Crippen LogP contribution is -2.34. The second-order valence-electron chi connectivity index (χ2n) is 6.75. The predicted octanol–water partition coefficient (Wildman–Crippen LogP) is 3.57. The molecule has 2 atom stereocenters. The van der Waals surface area contributed by atoms with E-state index in [1.165, 1.54) is 12.8 Å². The second-order valence-corrected chi connectivity index (χ2v) is 6.75. The van der Waals surface area contributed by atoms with E-state index in [-0.39, 0.29) is 18.3 Å². The van der Waals surface area contributed by atoms with Crippen LogP contribution in [0.25, 0.3) is 5.69 Å². The zero-order valence-corrected chi connectivity index (χ0v) is 15.7. The molecule has 25 heavy (non-hydrogen) atoms. The van der Waals surface area contributed by atoms with E-state index in [0.29, 0.717) is 18.3 Å². The van der Waals surface area contributed by atoms with E-state index in [0.717, 1.165) is 30.2 Å². The van der Waals surface area contributed by atoms with Crippen molar-refractivity contribution in [2.45, 2.75) is 33.1 Å². The molecule has 6 heteroatoms. The number of aryl methyl sites for hydroxylation is 1. The van der Waals surface area contributed by atoms with Crippen molar-refractivity contribution in [1.29, 1.82) is 0 Å². The fraction of sp³-hybridized carbons (Fsp3) is 0.474. The van der Waals surface area contributed by atoms with Gasteiger partial charge in [-0.1, -0.05) is 25.1 Å². The summed E-state index contributed by atoms with van der Waals surface area (Å²) in [6.07, 6.45) is 4.68. The van der Waals surface area contributed by atoms with Gasteiger partial charge in [-0.05, 0) is 56.3 Å². The third-order valence-electron chi connectivity index (χ3n) is 4.90. The van der Waals surface area contributed by atoms with Gasteiger partial charge < -0.3 is 10.6 Å². The van der Waals surface area contributed by atoms with Crippen LogP contribution in [0.2, 0.25) is 0 Å². The first-order valence-corrected chi connectivity index (χ1v) is 8.75. The molecule has 0 aliphatic carbocycles. The zero-order chi connectivity index (χ0) is 16.9. The molecule has 2 unspecified atom stereocenters. The first-order valence-electron chi connectivity index (χ1n) is 8.75. The third-order valence-corrected chi connectivity index (χ3v) is 4.90. The number of halogens is 1. The van der Waals surface area contributed by atoms with E-state index in [1.807, 2.05) is 37.3 Å². The summed E-state index contributed by atoms with van der Waals surface area (Å²) in [4.78, 5) is 12.5. The highest BCUT2D eigenvalue weighted by Gasteiger charge is 2.22. The largest absolute Gasteiger partial charge is 0.316 e. The Bertz CT molecular complexity index is 694. The molecule has 2 aromatic rings. The molecule has 5 nitrogen and oxygen atoms in total. The second kappa shape index (κ2) is 9.02. The van der Waals surface area contributed by atoms with Crippen LogP contribution in [0.1, 0.15) is 31.7 Å². The number of para-hydroxylation sites is 1. The van der Waals surface area contributed by atoms with Gasteiger partial charge in [-0.2, -0.15) is 5.10 Å². The van der Waals surface area contributed by atoms with Crippen molar-refractivity contribution in [1.82, 2.24) is 15.1 Å². The highest BCUT2D eigenvalue weighted by atomic mass is 35.5. The number of carbonyl (C=O) groups is 1. The molecule has 1 amide bonds. The molecular formula is C19H27ClN4O. The van der Waals surface area contributed by atoms with Crippen LogP contribution in [0.3, 0.4) is 0 Å². The molecule has 0 bridgehead atoms. The van der Waals surface area contributed by atoms with Gasteiger partial charge in [0.25, 0.3) is 0 Å². The summed E-state index contributed by atoms with van der Waals surface area (Å²) in [5.41, 5.74) is 2.11. The van der Waals surface area contributed by atoms with Gasteiger partial charge in [0.2, 0.25) is 5.91 Å². The minimum Gasteiger partial charge on any atom is -0.316 e. The molecule has 0 saturated carbocycles. The maximum absolute atomic E-state index is 12.5. The first-order chi connectivity index (χ1) is 11.6. The molecule has 1 aromatic heterocycles. The fourth-order valence-electron chi connectivity index (χ4n) is 3.41. The molecule has 1 aliphatic rings. The Balaban J connectivity index is 0.00000225. The quantitative estimate of drug-likeness (QED) is 0.854. The molecule has 136 valence electrons. The van der Waals surface area contributed by atoms with Crippen molar-refractivity contribution in [2.24, 2.45) is 11.8 Å². The van der Waals surface area contributed by atoms with Gasteiger partial charge in [0.05, 0.1) is 11.9 Å². The minimum atomic E-state index is 0. The number of nitrogens with one attached hydrogen (secondary N) is 2. The molecule has 1 aromatic carbocycles. The molecule has 0 radical (unpaired) electrons. The average Bonchev–Trinajstić information content (AvgIpc) is 3.03. The van der Waals surface area contributed by atoms with Crippen LogP contribution in [-0.2, 0) is 4.79 Å². The Morgan fingerprint density at radius 2 is 2.20 bits per heavy atom. The van der Waals surface area contributed by atoms with E-state index in [9.17, 15) is 4.79 Å². The van der Waals surface area contributed by atoms with Crippen molar-refractivity contribution < 1.29 is 4.79 Å². The van der Waals surface area contributed by atoms with Crippen LogP contribution >= 0.6 is 12.4 Å². The van der Waals surface area contributed by atoms with Gasteiger partial charge >= 0.3 is 0 Å². The maximum Gasteiger partial charge on any atom is 0.225 e. The number of amides is 1. The van der Waals surface area contributed by atoms with E-state index in [4.69, 9.17) is 0 Å². The number of hydrogen-bond donors (Lipinski definition) is 2. The Hall–Kier alpha value is -1.85. The number of carbonyl (C=O) groups excluding carboxylic acids is 1. The summed E-state index contributed by atoms with van der Waals surface area (Å²) in [6, 6.07) is 9.88. The van der Waals surface area contributed by atoms with Crippen LogP contribution < -0.4 is 10.6 Å². The SMILES string of the molecule is Cc1ccccc1-n1nccc1NC(=O)CC(C)C1CCCNC1.Cl. The topological polar surface area (TPSA) is 59.0 Å². The highest BCUT2D eigenvalue weighted by Crippen LogP contribution is 2.24. The van der Waals surface area contributed by atoms with Gasteiger partial charge in [-0.3, -0.25) is 4.79 Å². The number of hydrogen-bond acceptors (Lipinski definition) is 3. The van der Waals surface area contributed by atoms with Crippen LogP contribution in [-0.4, -0.2) is 28.8 Å². The highest BCUT2D eigenvalue weighted by molar-refractivity contribution is 5.90. The molecule has 1 aliphatic heterocycles. The normalized spacial score (nSPS) is 18.2. The lowest BCUT2D eigenvalue weighted by Gasteiger charge is -2.28. The van der Waals surface area contributed by atoms with E-state index in [2.05, 4.69) is 22.7 Å². The monoisotopic (exact) mass is 362 g/mol. The summed E-state index contributed by atoms with van der Waals surface area (Å²) in [6.45, 7) is 6.34. The van der Waals surface area contributed by atoms with Gasteiger partial charge in [0, 0.05) is 12.5 Å². The first kappa shape index (κ1) is 19.5. The van der Waals surface area contributed by atoms with Crippen molar-refractivity contribution >= 4 is 24.1 Å². The molecule has 2 heterocycles.